The van der Waals surface area contributed by atoms with E-state index in [1.54, 1.807) is 13.3 Å². The summed E-state index contributed by atoms with van der Waals surface area (Å²) in [5.41, 5.74) is 14.7. The monoisotopic (exact) mass is 427 g/mol. The zero-order valence-electron chi connectivity index (χ0n) is 14.5. The van der Waals surface area contributed by atoms with Gasteiger partial charge in [-0.05, 0) is 45.8 Å². The van der Waals surface area contributed by atoms with Crippen LogP contribution in [0.15, 0.2) is 58.5 Å². The molecule has 7 nitrogen and oxygen atoms in total. The number of hydrazine groups is 1. The Morgan fingerprint density at radius 2 is 2.15 bits per heavy atom. The number of nitrogens with two attached hydrogens (primary N) is 1. The first-order valence-corrected chi connectivity index (χ1v) is 9.25. The fourth-order valence-corrected chi connectivity index (χ4v) is 4.34. The molecule has 4 N–H and O–H groups in total. The Morgan fingerprint density at radius 1 is 1.30 bits per heavy atom. The normalized spacial score (nSPS) is 26.9. The average Bonchev–Trinajstić information content (AvgIpc) is 3.10. The van der Waals surface area contributed by atoms with Crippen molar-refractivity contribution in [3.63, 3.8) is 0 Å². The molecular formula is C19H18BrN5O2. The second kappa shape index (κ2) is 7.19. The molecule has 4 unspecified atom stereocenters. The van der Waals surface area contributed by atoms with E-state index in [-0.39, 0.29) is 30.0 Å². The predicted molar refractivity (Wildman–Crippen MR) is 102 cm³/mol. The number of halogens is 1. The van der Waals surface area contributed by atoms with E-state index in [4.69, 9.17) is 15.2 Å². The molecule has 4 atom stereocenters. The molecule has 2 aliphatic rings. The zero-order chi connectivity index (χ0) is 19.0. The number of rotatable bonds is 3. The van der Waals surface area contributed by atoms with Gasteiger partial charge in [0.25, 0.3) is 0 Å². The van der Waals surface area contributed by atoms with Crippen LogP contribution in [-0.4, -0.2) is 18.3 Å². The van der Waals surface area contributed by atoms with Gasteiger partial charge in [0, 0.05) is 18.0 Å². The van der Waals surface area contributed by atoms with E-state index in [0.717, 1.165) is 21.5 Å². The van der Waals surface area contributed by atoms with Gasteiger partial charge in [-0.3, -0.25) is 4.98 Å². The van der Waals surface area contributed by atoms with Gasteiger partial charge < -0.3 is 15.2 Å². The number of aromatic nitrogens is 1. The Labute approximate surface area is 165 Å². The Bertz CT molecular complexity index is 927. The molecule has 2 aliphatic heterocycles. The number of fused-ring (bicyclic) bond motifs is 1. The van der Waals surface area contributed by atoms with E-state index in [2.05, 4.69) is 37.8 Å². The lowest BCUT2D eigenvalue weighted by Gasteiger charge is -2.35. The highest BCUT2D eigenvalue weighted by Gasteiger charge is 2.49. The van der Waals surface area contributed by atoms with Gasteiger partial charge in [-0.15, -0.1) is 0 Å². The molecule has 1 aromatic heterocycles. The van der Waals surface area contributed by atoms with Gasteiger partial charge in [0.1, 0.15) is 11.8 Å². The maximum Gasteiger partial charge on any atom is 0.200 e. The van der Waals surface area contributed by atoms with Crippen molar-refractivity contribution in [3.8, 4) is 11.8 Å². The minimum atomic E-state index is -0.375. The molecule has 1 aromatic carbocycles. The molecule has 0 aliphatic carbocycles. The van der Waals surface area contributed by atoms with Crippen molar-refractivity contribution < 1.29 is 9.47 Å². The summed E-state index contributed by atoms with van der Waals surface area (Å²) in [5.74, 6) is 0.501. The van der Waals surface area contributed by atoms with Crippen LogP contribution < -0.4 is 21.3 Å². The maximum atomic E-state index is 9.78. The molecule has 0 spiro atoms. The van der Waals surface area contributed by atoms with E-state index in [9.17, 15) is 5.26 Å². The van der Waals surface area contributed by atoms with Gasteiger partial charge in [-0.1, -0.05) is 12.1 Å². The molecular weight excluding hydrogens is 410 g/mol. The van der Waals surface area contributed by atoms with Crippen LogP contribution in [0.1, 0.15) is 23.2 Å². The molecule has 0 bridgehead atoms. The molecule has 1 saturated heterocycles. The number of nitrogens with one attached hydrogen (secondary N) is 2. The summed E-state index contributed by atoms with van der Waals surface area (Å²) in [5, 5.41) is 9.78. The van der Waals surface area contributed by atoms with Crippen molar-refractivity contribution in [3.05, 3.63) is 69.8 Å². The highest BCUT2D eigenvalue weighted by atomic mass is 79.9. The van der Waals surface area contributed by atoms with Gasteiger partial charge in [0.15, 0.2) is 6.23 Å². The number of hydrogen-bond donors (Lipinski definition) is 3. The highest BCUT2D eigenvalue weighted by molar-refractivity contribution is 9.10. The lowest BCUT2D eigenvalue weighted by atomic mass is 9.75. The SMILES string of the molecule is COc1ccc(C2C(C#N)=C(N)OC3NNC(c4ccccn4)C32)cc1Br. The van der Waals surface area contributed by atoms with E-state index in [1.807, 2.05) is 36.4 Å². The Morgan fingerprint density at radius 3 is 2.81 bits per heavy atom. The molecule has 0 saturated carbocycles. The first-order valence-electron chi connectivity index (χ1n) is 8.46. The summed E-state index contributed by atoms with van der Waals surface area (Å²) >= 11 is 3.53. The van der Waals surface area contributed by atoms with Crippen LogP contribution in [0, 0.1) is 17.2 Å². The number of nitriles is 1. The molecule has 0 amide bonds. The summed E-state index contributed by atoms with van der Waals surface area (Å²) in [6.45, 7) is 0. The second-order valence-electron chi connectivity index (χ2n) is 6.40. The highest BCUT2D eigenvalue weighted by Crippen LogP contribution is 2.47. The Balaban J connectivity index is 1.82. The van der Waals surface area contributed by atoms with Gasteiger partial charge in [0.2, 0.25) is 5.88 Å². The van der Waals surface area contributed by atoms with Crippen LogP contribution in [0.2, 0.25) is 0 Å². The van der Waals surface area contributed by atoms with Crippen LogP contribution in [0.25, 0.3) is 0 Å². The van der Waals surface area contributed by atoms with Gasteiger partial charge in [0.05, 0.1) is 28.9 Å². The molecule has 27 heavy (non-hydrogen) atoms. The van der Waals surface area contributed by atoms with E-state index < -0.39 is 0 Å². The molecule has 8 heteroatoms. The van der Waals surface area contributed by atoms with Crippen molar-refractivity contribution in [2.24, 2.45) is 11.7 Å². The quantitative estimate of drug-likeness (QED) is 0.690. The third kappa shape index (κ3) is 3.04. The van der Waals surface area contributed by atoms with Crippen LogP contribution in [0.5, 0.6) is 5.75 Å². The first kappa shape index (κ1) is 17.8. The molecule has 0 radical (unpaired) electrons. The summed E-state index contributed by atoms with van der Waals surface area (Å²) in [6, 6.07) is 13.7. The van der Waals surface area contributed by atoms with Gasteiger partial charge in [-0.25, -0.2) is 10.9 Å². The van der Waals surface area contributed by atoms with Crippen molar-refractivity contribution >= 4 is 15.9 Å². The van der Waals surface area contributed by atoms with Crippen molar-refractivity contribution in [1.82, 2.24) is 15.8 Å². The average molecular weight is 428 g/mol. The third-order valence-corrected chi connectivity index (χ3v) is 5.61. The fourth-order valence-electron chi connectivity index (χ4n) is 3.78. The van der Waals surface area contributed by atoms with Crippen LogP contribution in [-0.2, 0) is 4.74 Å². The van der Waals surface area contributed by atoms with Crippen LogP contribution in [0.4, 0.5) is 0 Å². The molecule has 2 aromatic rings. The number of ether oxygens (including phenoxy) is 2. The maximum absolute atomic E-state index is 9.78. The first-order chi connectivity index (χ1) is 13.1. The van der Waals surface area contributed by atoms with E-state index in [0.29, 0.717) is 5.57 Å². The fraction of sp³-hybridized carbons (Fsp3) is 0.263. The number of hydrogen-bond acceptors (Lipinski definition) is 7. The minimum absolute atomic E-state index is 0.109. The predicted octanol–water partition coefficient (Wildman–Crippen LogP) is 2.45. The molecule has 4 rings (SSSR count). The lowest BCUT2D eigenvalue weighted by Crippen LogP contribution is -2.41. The van der Waals surface area contributed by atoms with E-state index >= 15 is 0 Å². The molecule has 1 fully saturated rings. The minimum Gasteiger partial charge on any atom is -0.496 e. The largest absolute Gasteiger partial charge is 0.496 e. The number of pyridine rings is 1. The van der Waals surface area contributed by atoms with Crippen LogP contribution in [0.3, 0.4) is 0 Å². The van der Waals surface area contributed by atoms with Gasteiger partial charge >= 0.3 is 0 Å². The zero-order valence-corrected chi connectivity index (χ0v) is 16.1. The molecule has 138 valence electrons. The summed E-state index contributed by atoms with van der Waals surface area (Å²) < 4.78 is 11.9. The summed E-state index contributed by atoms with van der Waals surface area (Å²) in [4.78, 5) is 4.48. The third-order valence-electron chi connectivity index (χ3n) is 4.99. The second-order valence-corrected chi connectivity index (χ2v) is 7.25. The molecule has 3 heterocycles. The Kier molecular flexibility index (Phi) is 4.74. The van der Waals surface area contributed by atoms with Crippen molar-refractivity contribution in [1.29, 1.82) is 5.26 Å². The summed E-state index contributed by atoms with van der Waals surface area (Å²) in [7, 11) is 1.62. The number of methoxy groups -OCH3 is 1. The van der Waals surface area contributed by atoms with Gasteiger partial charge in [-0.2, -0.15) is 5.26 Å². The van der Waals surface area contributed by atoms with Crippen LogP contribution >= 0.6 is 15.9 Å². The summed E-state index contributed by atoms with van der Waals surface area (Å²) in [6.07, 6.45) is 1.38. The lowest BCUT2D eigenvalue weighted by molar-refractivity contribution is 0.0338. The number of nitrogens with zero attached hydrogens (tertiary/aromatic N) is 2. The van der Waals surface area contributed by atoms with Crippen molar-refractivity contribution in [2.45, 2.75) is 18.2 Å². The number of benzene rings is 1. The van der Waals surface area contributed by atoms with Crippen molar-refractivity contribution in [2.75, 3.05) is 7.11 Å². The Hall–Kier alpha value is -2.60. The smallest absolute Gasteiger partial charge is 0.200 e. The number of allylic oxidation sites excluding steroid dienone is 1. The van der Waals surface area contributed by atoms with E-state index in [1.165, 1.54) is 0 Å². The topological polar surface area (TPSA) is 105 Å². The standard InChI is InChI=1S/C19H18BrN5O2/c1-26-14-6-5-10(8-12(14)20)15-11(9-21)18(22)27-19-16(15)17(24-25-19)13-4-2-3-7-23-13/h2-8,15-17,19,24-25H,22H2,1H3.